The zero-order valence-electron chi connectivity index (χ0n) is 3.39. The zero-order chi connectivity index (χ0) is 4.57. The first-order chi connectivity index (χ1) is 2.84. The third kappa shape index (κ3) is 0.302. The molecular formula is C4H4O2. The molecule has 0 spiro atoms. The minimum Gasteiger partial charge on any atom is -0.493 e. The van der Waals surface area contributed by atoms with Gasteiger partial charge >= 0.3 is 0 Å². The molecule has 0 saturated heterocycles. The summed E-state index contributed by atoms with van der Waals surface area (Å²) in [5.74, 6) is 0.495. The molecule has 0 heterocycles. The Labute approximate surface area is 35.0 Å². The summed E-state index contributed by atoms with van der Waals surface area (Å²) in [6.45, 7) is 0. The van der Waals surface area contributed by atoms with Crippen LogP contribution in [0.1, 0.15) is 0 Å². The third-order valence-electron chi connectivity index (χ3n) is 0.642. The second-order valence-corrected chi connectivity index (χ2v) is 1.08. The molecule has 0 unspecified atom stereocenters. The van der Waals surface area contributed by atoms with Crippen molar-refractivity contribution in [3.8, 4) is 5.75 Å². The predicted octanol–water partition coefficient (Wildman–Crippen LogP) is -0.0690. The lowest BCUT2D eigenvalue weighted by Crippen LogP contribution is -1.78. The molecule has 0 saturated carbocycles. The molecule has 0 aromatic heterocycles. The lowest BCUT2D eigenvalue weighted by atomic mass is 11.0. The topological polar surface area (TPSA) is 26.3 Å². The van der Waals surface area contributed by atoms with Crippen LogP contribution in [0.25, 0.3) is 0 Å². The fourth-order valence-corrected chi connectivity index (χ4v) is 0.242. The van der Waals surface area contributed by atoms with E-state index in [0.717, 1.165) is 0 Å². The third-order valence-corrected chi connectivity index (χ3v) is 0.642. The van der Waals surface area contributed by atoms with Gasteiger partial charge < -0.3 is 4.74 Å². The van der Waals surface area contributed by atoms with Gasteiger partial charge in [0.2, 0.25) is 5.43 Å². The Bertz CT molecular complexity index is 148. The normalized spacial score (nSPS) is 9.50. The largest absolute Gasteiger partial charge is 0.493 e. The molecule has 32 valence electrons. The number of hydrogen-bond donors (Lipinski definition) is 0. The highest BCUT2D eigenvalue weighted by molar-refractivity contribution is 5.30. The molecule has 0 atom stereocenters. The van der Waals surface area contributed by atoms with Crippen LogP contribution >= 0.6 is 0 Å². The van der Waals surface area contributed by atoms with Crippen LogP contribution in [0.2, 0.25) is 0 Å². The van der Waals surface area contributed by atoms with Gasteiger partial charge in [-0.3, -0.25) is 4.79 Å². The van der Waals surface area contributed by atoms with Gasteiger partial charge in [0.25, 0.3) is 0 Å². The van der Waals surface area contributed by atoms with E-state index in [-0.39, 0.29) is 5.43 Å². The van der Waals surface area contributed by atoms with Crippen molar-refractivity contribution in [2.45, 2.75) is 0 Å². The number of hydrogen-bond acceptors (Lipinski definition) is 2. The van der Waals surface area contributed by atoms with Crippen molar-refractivity contribution in [3.05, 3.63) is 16.3 Å². The molecular weight excluding hydrogens is 80.0 g/mol. The van der Waals surface area contributed by atoms with E-state index in [1.54, 1.807) is 0 Å². The van der Waals surface area contributed by atoms with Gasteiger partial charge in [-0.05, 0) is 0 Å². The van der Waals surface area contributed by atoms with Gasteiger partial charge in [-0.15, -0.1) is 0 Å². The maximum absolute atomic E-state index is 9.90. The van der Waals surface area contributed by atoms with Crippen LogP contribution in [0.15, 0.2) is 10.9 Å². The highest BCUT2D eigenvalue weighted by Crippen LogP contribution is 2.03. The molecule has 0 aliphatic heterocycles. The summed E-state index contributed by atoms with van der Waals surface area (Å²) in [4.78, 5) is 9.90. The highest BCUT2D eigenvalue weighted by atomic mass is 16.5. The highest BCUT2D eigenvalue weighted by Gasteiger charge is 2.04. The van der Waals surface area contributed by atoms with Gasteiger partial charge in [0, 0.05) is 6.07 Å². The molecule has 0 aliphatic rings. The van der Waals surface area contributed by atoms with E-state index in [1.165, 1.54) is 13.2 Å². The first kappa shape index (κ1) is 3.40. The first-order valence-electron chi connectivity index (χ1n) is 1.64. The Morgan fingerprint density at radius 1 is 1.83 bits per heavy atom. The maximum atomic E-state index is 9.90. The summed E-state index contributed by atoms with van der Waals surface area (Å²) in [6.07, 6.45) is 0. The van der Waals surface area contributed by atoms with Crippen LogP contribution in [-0.4, -0.2) is 7.11 Å². The van der Waals surface area contributed by atoms with Crippen molar-refractivity contribution in [1.82, 2.24) is 0 Å². The Morgan fingerprint density at radius 2 is 2.33 bits per heavy atom. The predicted molar refractivity (Wildman–Crippen MR) is 21.6 cm³/mol. The van der Waals surface area contributed by atoms with Crippen LogP contribution in [0.5, 0.6) is 5.75 Å². The second kappa shape index (κ2) is 0.834. The van der Waals surface area contributed by atoms with Crippen LogP contribution < -0.4 is 10.2 Å². The molecule has 0 bridgehead atoms. The van der Waals surface area contributed by atoms with Crippen molar-refractivity contribution >= 4 is 0 Å². The van der Waals surface area contributed by atoms with Crippen LogP contribution in [0, 0.1) is 0 Å². The number of methoxy groups -OCH3 is 1. The van der Waals surface area contributed by atoms with E-state index < -0.39 is 0 Å². The Hall–Kier alpha value is -0.790. The van der Waals surface area contributed by atoms with Crippen molar-refractivity contribution < 1.29 is 4.74 Å². The second-order valence-electron chi connectivity index (χ2n) is 1.08. The molecule has 1 aromatic carbocycles. The summed E-state index contributed by atoms with van der Waals surface area (Å²) < 4.78 is 4.48. The standard InChI is InChI=1S/C4H4O2/c1-6-4-2-3(4)5/h2H,1H3. The molecule has 0 amide bonds. The lowest BCUT2D eigenvalue weighted by Gasteiger charge is -1.75. The molecule has 0 aliphatic carbocycles. The van der Waals surface area contributed by atoms with E-state index in [0.29, 0.717) is 5.75 Å². The monoisotopic (exact) mass is 84.0 g/mol. The Balaban J connectivity index is 2.68. The molecule has 6 heavy (non-hydrogen) atoms. The molecule has 2 nitrogen and oxygen atoms in total. The lowest BCUT2D eigenvalue weighted by molar-refractivity contribution is 0.425. The van der Waals surface area contributed by atoms with Gasteiger partial charge in [-0.2, -0.15) is 0 Å². The summed E-state index contributed by atoms with van der Waals surface area (Å²) >= 11 is 0. The summed E-state index contributed by atoms with van der Waals surface area (Å²) in [5, 5.41) is 0. The van der Waals surface area contributed by atoms with Crippen LogP contribution in [0.4, 0.5) is 0 Å². The summed E-state index contributed by atoms with van der Waals surface area (Å²) in [7, 11) is 1.48. The van der Waals surface area contributed by atoms with Crippen molar-refractivity contribution in [3.63, 3.8) is 0 Å². The number of rotatable bonds is 1. The van der Waals surface area contributed by atoms with Gasteiger partial charge in [0.15, 0.2) is 5.75 Å². The van der Waals surface area contributed by atoms with Gasteiger partial charge in [0.05, 0.1) is 7.11 Å². The molecule has 0 radical (unpaired) electrons. The van der Waals surface area contributed by atoms with E-state index in [4.69, 9.17) is 0 Å². The minimum absolute atomic E-state index is 0.0255. The molecule has 0 fully saturated rings. The van der Waals surface area contributed by atoms with Crippen molar-refractivity contribution in [2.75, 3.05) is 7.11 Å². The van der Waals surface area contributed by atoms with Crippen LogP contribution in [-0.2, 0) is 0 Å². The van der Waals surface area contributed by atoms with E-state index in [9.17, 15) is 4.79 Å². The average Bonchev–Trinajstić information content (AvgIpc) is 2.19. The SMILES string of the molecule is COc1cc1=O. The van der Waals surface area contributed by atoms with Gasteiger partial charge in [0.1, 0.15) is 0 Å². The Kier molecular flexibility index (Phi) is 0.473. The van der Waals surface area contributed by atoms with Crippen molar-refractivity contribution in [2.24, 2.45) is 0 Å². The molecule has 1 aromatic rings. The van der Waals surface area contributed by atoms with Gasteiger partial charge in [-0.1, -0.05) is 0 Å². The quantitative estimate of drug-likeness (QED) is 0.476. The fourth-order valence-electron chi connectivity index (χ4n) is 0.242. The van der Waals surface area contributed by atoms with E-state index >= 15 is 0 Å². The average molecular weight is 84.1 g/mol. The first-order valence-corrected chi connectivity index (χ1v) is 1.64. The Morgan fingerprint density at radius 3 is 2.33 bits per heavy atom. The molecule has 2 heteroatoms. The van der Waals surface area contributed by atoms with Gasteiger partial charge in [-0.25, -0.2) is 0 Å². The zero-order valence-corrected chi connectivity index (χ0v) is 3.39. The van der Waals surface area contributed by atoms with Crippen molar-refractivity contribution in [1.29, 1.82) is 0 Å². The smallest absolute Gasteiger partial charge is 0.224 e. The minimum atomic E-state index is 0.0255. The van der Waals surface area contributed by atoms with Crippen LogP contribution in [0.3, 0.4) is 0 Å². The maximum Gasteiger partial charge on any atom is 0.224 e. The summed E-state index contributed by atoms with van der Waals surface area (Å²) in [6, 6.07) is 1.44. The number of ether oxygens (including phenoxy) is 1. The summed E-state index contributed by atoms with van der Waals surface area (Å²) in [5.41, 5.74) is 0.0255. The van der Waals surface area contributed by atoms with E-state index in [2.05, 4.69) is 4.74 Å². The molecule has 1 rings (SSSR count). The fraction of sp³-hybridized carbons (Fsp3) is 0.250. The molecule has 0 N–H and O–H groups in total. The van der Waals surface area contributed by atoms with E-state index in [1.807, 2.05) is 0 Å².